The van der Waals surface area contributed by atoms with E-state index >= 15 is 0 Å². The molecule has 84 valence electrons. The van der Waals surface area contributed by atoms with E-state index in [4.69, 9.17) is 16.7 Å². The van der Waals surface area contributed by atoms with Crippen LogP contribution in [0.1, 0.15) is 25.5 Å². The summed E-state index contributed by atoms with van der Waals surface area (Å²) in [4.78, 5) is 0. The number of aliphatic hydroxyl groups is 1. The molecule has 0 saturated carbocycles. The van der Waals surface area contributed by atoms with Crippen molar-refractivity contribution in [3.63, 3.8) is 0 Å². The highest BCUT2D eigenvalue weighted by Crippen LogP contribution is 2.16. The van der Waals surface area contributed by atoms with Gasteiger partial charge in [-0.2, -0.15) is 0 Å². The molecule has 0 spiro atoms. The Bertz CT molecular complexity index is 286. The van der Waals surface area contributed by atoms with E-state index in [-0.39, 0.29) is 12.6 Å². The van der Waals surface area contributed by atoms with Crippen molar-refractivity contribution >= 4 is 11.6 Å². The summed E-state index contributed by atoms with van der Waals surface area (Å²) in [6.45, 7) is 5.16. The molecule has 0 saturated heterocycles. The summed E-state index contributed by atoms with van der Waals surface area (Å²) in [6, 6.07) is 8.11. The van der Waals surface area contributed by atoms with Crippen LogP contribution in [-0.4, -0.2) is 18.3 Å². The maximum absolute atomic E-state index is 8.90. The number of halogens is 1. The van der Waals surface area contributed by atoms with E-state index < -0.39 is 0 Å². The average molecular weight is 228 g/mol. The van der Waals surface area contributed by atoms with Gasteiger partial charge in [0.15, 0.2) is 0 Å². The Labute approximate surface area is 96.3 Å². The molecule has 1 rings (SSSR count). The quantitative estimate of drug-likeness (QED) is 0.811. The van der Waals surface area contributed by atoms with Gasteiger partial charge in [-0.15, -0.1) is 0 Å². The van der Waals surface area contributed by atoms with Crippen LogP contribution in [0.5, 0.6) is 0 Å². The fraction of sp³-hybridized carbons (Fsp3) is 0.500. The first-order valence-corrected chi connectivity index (χ1v) is 5.61. The summed E-state index contributed by atoms with van der Waals surface area (Å²) in [5.74, 6) is 0.291. The summed E-state index contributed by atoms with van der Waals surface area (Å²) in [7, 11) is 0. The summed E-state index contributed by atoms with van der Waals surface area (Å²) in [5.41, 5.74) is 1.21. The molecule has 2 nitrogen and oxygen atoms in total. The molecule has 1 aromatic rings. The molecular weight excluding hydrogens is 210 g/mol. The lowest BCUT2D eigenvalue weighted by Gasteiger charge is -2.16. The molecule has 0 radical (unpaired) electrons. The first-order chi connectivity index (χ1) is 7.13. The molecule has 0 aromatic heterocycles. The van der Waals surface area contributed by atoms with Crippen LogP contribution in [0.4, 0.5) is 0 Å². The van der Waals surface area contributed by atoms with E-state index in [1.165, 1.54) is 5.56 Å². The van der Waals surface area contributed by atoms with Crippen molar-refractivity contribution in [2.45, 2.75) is 19.9 Å². The SMILES string of the molecule is CC(CO)CNC(C)c1ccc(Cl)cc1. The first kappa shape index (κ1) is 12.5. The van der Waals surface area contributed by atoms with E-state index in [1.807, 2.05) is 31.2 Å². The molecule has 0 heterocycles. The normalized spacial score (nSPS) is 14.9. The lowest BCUT2D eigenvalue weighted by Crippen LogP contribution is -2.26. The highest BCUT2D eigenvalue weighted by atomic mass is 35.5. The van der Waals surface area contributed by atoms with Crippen molar-refractivity contribution in [3.8, 4) is 0 Å². The minimum Gasteiger partial charge on any atom is -0.396 e. The van der Waals surface area contributed by atoms with Gasteiger partial charge >= 0.3 is 0 Å². The van der Waals surface area contributed by atoms with E-state index in [1.54, 1.807) is 0 Å². The Morgan fingerprint density at radius 3 is 2.40 bits per heavy atom. The second-order valence-corrected chi connectivity index (χ2v) is 4.41. The van der Waals surface area contributed by atoms with Crippen molar-refractivity contribution in [2.24, 2.45) is 5.92 Å². The van der Waals surface area contributed by atoms with E-state index in [0.717, 1.165) is 11.6 Å². The van der Waals surface area contributed by atoms with Crippen LogP contribution in [0, 0.1) is 5.92 Å². The second kappa shape index (κ2) is 6.11. The van der Waals surface area contributed by atoms with Crippen LogP contribution < -0.4 is 5.32 Å². The van der Waals surface area contributed by atoms with E-state index in [9.17, 15) is 0 Å². The topological polar surface area (TPSA) is 32.3 Å². The number of rotatable bonds is 5. The number of hydrogen-bond donors (Lipinski definition) is 2. The van der Waals surface area contributed by atoms with Crippen LogP contribution in [0.2, 0.25) is 5.02 Å². The molecule has 0 aliphatic carbocycles. The predicted molar refractivity (Wildman–Crippen MR) is 64.1 cm³/mol. The van der Waals surface area contributed by atoms with Gasteiger partial charge in [0.05, 0.1) is 0 Å². The Morgan fingerprint density at radius 1 is 1.27 bits per heavy atom. The molecule has 3 heteroatoms. The van der Waals surface area contributed by atoms with Crippen molar-refractivity contribution in [1.29, 1.82) is 0 Å². The highest BCUT2D eigenvalue weighted by Gasteiger charge is 2.06. The molecule has 2 unspecified atom stereocenters. The van der Waals surface area contributed by atoms with Gasteiger partial charge in [-0.1, -0.05) is 30.7 Å². The number of hydrogen-bond acceptors (Lipinski definition) is 2. The summed E-state index contributed by atoms with van der Waals surface area (Å²) >= 11 is 5.81. The maximum Gasteiger partial charge on any atom is 0.0468 e. The number of aliphatic hydroxyl groups excluding tert-OH is 1. The van der Waals surface area contributed by atoms with E-state index in [0.29, 0.717) is 5.92 Å². The Balaban J connectivity index is 2.46. The smallest absolute Gasteiger partial charge is 0.0468 e. The monoisotopic (exact) mass is 227 g/mol. The van der Waals surface area contributed by atoms with Gasteiger partial charge < -0.3 is 10.4 Å². The lowest BCUT2D eigenvalue weighted by atomic mass is 10.1. The molecule has 0 aliphatic rings. The highest BCUT2D eigenvalue weighted by molar-refractivity contribution is 6.30. The minimum absolute atomic E-state index is 0.223. The Kier molecular flexibility index (Phi) is 5.09. The predicted octanol–water partition coefficient (Wildman–Crippen LogP) is 2.62. The molecule has 2 N–H and O–H groups in total. The van der Waals surface area contributed by atoms with Crippen LogP contribution in [0.15, 0.2) is 24.3 Å². The van der Waals surface area contributed by atoms with Crippen LogP contribution >= 0.6 is 11.6 Å². The summed E-state index contributed by atoms with van der Waals surface area (Å²) < 4.78 is 0. The average Bonchev–Trinajstić information content (AvgIpc) is 2.26. The van der Waals surface area contributed by atoms with Gasteiger partial charge in [0, 0.05) is 24.2 Å². The Hall–Kier alpha value is -0.570. The lowest BCUT2D eigenvalue weighted by molar-refractivity contribution is 0.231. The van der Waals surface area contributed by atoms with Crippen molar-refractivity contribution in [3.05, 3.63) is 34.9 Å². The zero-order valence-electron chi connectivity index (χ0n) is 9.20. The fourth-order valence-corrected chi connectivity index (χ4v) is 1.44. The van der Waals surface area contributed by atoms with Crippen LogP contribution in [0.3, 0.4) is 0 Å². The maximum atomic E-state index is 8.90. The molecule has 2 atom stereocenters. The third-order valence-corrected chi connectivity index (χ3v) is 2.71. The van der Waals surface area contributed by atoms with Gasteiger partial charge in [-0.05, 0) is 30.5 Å². The molecule has 0 bridgehead atoms. The molecular formula is C12H18ClNO. The zero-order valence-corrected chi connectivity index (χ0v) is 9.96. The van der Waals surface area contributed by atoms with Gasteiger partial charge in [0.2, 0.25) is 0 Å². The van der Waals surface area contributed by atoms with Gasteiger partial charge in [-0.25, -0.2) is 0 Å². The summed E-state index contributed by atoms with van der Waals surface area (Å²) in [6.07, 6.45) is 0. The van der Waals surface area contributed by atoms with E-state index in [2.05, 4.69) is 12.2 Å². The minimum atomic E-state index is 0.223. The molecule has 0 amide bonds. The molecule has 15 heavy (non-hydrogen) atoms. The fourth-order valence-electron chi connectivity index (χ4n) is 1.31. The third kappa shape index (κ3) is 4.20. The van der Waals surface area contributed by atoms with Crippen molar-refractivity contribution in [2.75, 3.05) is 13.2 Å². The molecule has 0 fully saturated rings. The van der Waals surface area contributed by atoms with Crippen molar-refractivity contribution < 1.29 is 5.11 Å². The number of nitrogens with one attached hydrogen (secondary N) is 1. The third-order valence-electron chi connectivity index (χ3n) is 2.45. The second-order valence-electron chi connectivity index (χ2n) is 3.97. The largest absolute Gasteiger partial charge is 0.396 e. The van der Waals surface area contributed by atoms with Gasteiger partial charge in [0.1, 0.15) is 0 Å². The standard InChI is InChI=1S/C12H18ClNO/c1-9(8-15)7-14-10(2)11-3-5-12(13)6-4-11/h3-6,9-10,14-15H,7-8H2,1-2H3. The molecule has 0 aliphatic heterocycles. The molecule has 1 aromatic carbocycles. The van der Waals surface area contributed by atoms with Crippen LogP contribution in [-0.2, 0) is 0 Å². The van der Waals surface area contributed by atoms with Gasteiger partial charge in [0.25, 0.3) is 0 Å². The van der Waals surface area contributed by atoms with Crippen molar-refractivity contribution in [1.82, 2.24) is 5.32 Å². The zero-order chi connectivity index (χ0) is 11.3. The van der Waals surface area contributed by atoms with Crippen LogP contribution in [0.25, 0.3) is 0 Å². The Morgan fingerprint density at radius 2 is 1.87 bits per heavy atom. The summed E-state index contributed by atoms with van der Waals surface area (Å²) in [5, 5.41) is 13.0. The number of benzene rings is 1. The van der Waals surface area contributed by atoms with Gasteiger partial charge in [-0.3, -0.25) is 0 Å². The first-order valence-electron chi connectivity index (χ1n) is 5.23.